The second-order valence-electron chi connectivity index (χ2n) is 10.8. The second-order valence-corrected chi connectivity index (χ2v) is 10.8. The summed E-state index contributed by atoms with van der Waals surface area (Å²) in [6.45, 7) is 4.37. The summed E-state index contributed by atoms with van der Waals surface area (Å²) in [7, 11) is 0. The number of ketones is 1. The van der Waals surface area contributed by atoms with Crippen molar-refractivity contribution in [3.05, 3.63) is 11.6 Å². The fourth-order valence-electron chi connectivity index (χ4n) is 7.83. The quantitative estimate of drug-likeness (QED) is 0.545. The maximum absolute atomic E-state index is 12.8. The average Bonchev–Trinajstić information content (AvgIpc) is 3.32. The Bertz CT molecular complexity index is 796. The van der Waals surface area contributed by atoms with Crippen LogP contribution in [0.4, 0.5) is 13.2 Å². The molecule has 0 bridgehead atoms. The first-order valence-corrected chi connectivity index (χ1v) is 11.0. The lowest BCUT2D eigenvalue weighted by Crippen LogP contribution is -2.53. The van der Waals surface area contributed by atoms with Crippen LogP contribution in [-0.2, 0) is 14.3 Å². The van der Waals surface area contributed by atoms with E-state index in [2.05, 4.69) is 6.92 Å². The van der Waals surface area contributed by atoms with E-state index in [1.807, 2.05) is 13.0 Å². The van der Waals surface area contributed by atoms with Crippen LogP contribution in [0.5, 0.6) is 0 Å². The summed E-state index contributed by atoms with van der Waals surface area (Å²) in [6.07, 6.45) is 4.30. The molecule has 5 rings (SSSR count). The summed E-state index contributed by atoms with van der Waals surface area (Å²) in [5.74, 6) is -0.519. The highest BCUT2D eigenvalue weighted by Crippen LogP contribution is 2.69. The standard InChI is InChI=1S/C23H29F3O3/c1-20-8-7-16-14(15(20)5-6-18(20)29-19(28)23(24,25)26)4-3-13-11-17(27)22(9-10-22)12-21(13,16)2/h11,14-16,18H,3-10,12H2,1-2H3/t14-,15-,16-,18-,20-,21-/m0/s1. The Labute approximate surface area is 169 Å². The molecule has 0 radical (unpaired) electrons. The van der Waals surface area contributed by atoms with Gasteiger partial charge in [0.1, 0.15) is 6.10 Å². The molecule has 6 atom stereocenters. The highest BCUT2D eigenvalue weighted by atomic mass is 19.4. The Hall–Kier alpha value is -1.33. The summed E-state index contributed by atoms with van der Waals surface area (Å²) in [6, 6.07) is 0. The van der Waals surface area contributed by atoms with E-state index in [0.29, 0.717) is 30.0 Å². The van der Waals surface area contributed by atoms with E-state index in [9.17, 15) is 22.8 Å². The number of hydrogen-bond acceptors (Lipinski definition) is 3. The van der Waals surface area contributed by atoms with Crippen LogP contribution in [0.2, 0.25) is 0 Å². The molecule has 29 heavy (non-hydrogen) atoms. The molecule has 0 N–H and O–H groups in total. The van der Waals surface area contributed by atoms with E-state index in [0.717, 1.165) is 51.4 Å². The molecule has 0 aromatic heterocycles. The normalized spacial score (nSPS) is 45.1. The lowest BCUT2D eigenvalue weighted by Gasteiger charge is -2.58. The third kappa shape index (κ3) is 2.69. The SMILES string of the molecule is C[C@]12CC[C@H]3[C@@H](CCC4=CC(=O)C5(CC5)C[C@@]43C)[C@@H]1CC[C@@H]2OC(=O)C(F)(F)F. The number of allylic oxidation sites excluding steroid dienone is 1. The molecule has 6 heteroatoms. The van der Waals surface area contributed by atoms with Crippen LogP contribution in [-0.4, -0.2) is 24.0 Å². The minimum atomic E-state index is -4.93. The van der Waals surface area contributed by atoms with E-state index in [-0.39, 0.29) is 16.2 Å². The van der Waals surface area contributed by atoms with Gasteiger partial charge in [0, 0.05) is 10.8 Å². The van der Waals surface area contributed by atoms with Crippen molar-refractivity contribution in [3.63, 3.8) is 0 Å². The van der Waals surface area contributed by atoms with Crippen LogP contribution in [0.15, 0.2) is 11.6 Å². The number of esters is 1. The van der Waals surface area contributed by atoms with Crippen LogP contribution in [0, 0.1) is 34.0 Å². The lowest BCUT2D eigenvalue weighted by atomic mass is 9.46. The largest absolute Gasteiger partial charge is 0.490 e. The molecule has 3 nitrogen and oxygen atoms in total. The molecule has 0 aliphatic heterocycles. The van der Waals surface area contributed by atoms with Crippen molar-refractivity contribution < 1.29 is 27.5 Å². The van der Waals surface area contributed by atoms with E-state index in [4.69, 9.17) is 4.74 Å². The number of fused-ring (bicyclic) bond motifs is 5. The minimum Gasteiger partial charge on any atom is -0.455 e. The van der Waals surface area contributed by atoms with Gasteiger partial charge in [-0.2, -0.15) is 13.2 Å². The molecule has 0 aromatic rings. The lowest BCUT2D eigenvalue weighted by molar-refractivity contribution is -0.211. The van der Waals surface area contributed by atoms with Gasteiger partial charge in [0.15, 0.2) is 5.78 Å². The van der Waals surface area contributed by atoms with Gasteiger partial charge in [0.25, 0.3) is 0 Å². The Morgan fingerprint density at radius 2 is 1.79 bits per heavy atom. The predicted molar refractivity (Wildman–Crippen MR) is 99.7 cm³/mol. The third-order valence-electron chi connectivity index (χ3n) is 9.52. The second kappa shape index (κ2) is 5.88. The van der Waals surface area contributed by atoms with Crippen LogP contribution >= 0.6 is 0 Å². The Kier molecular flexibility index (Phi) is 3.98. The summed E-state index contributed by atoms with van der Waals surface area (Å²) in [5, 5.41) is 0. The molecule has 160 valence electrons. The average molecular weight is 410 g/mol. The number of ether oxygens (including phenoxy) is 1. The maximum Gasteiger partial charge on any atom is 0.490 e. The molecule has 0 heterocycles. The monoisotopic (exact) mass is 410 g/mol. The Morgan fingerprint density at radius 1 is 1.07 bits per heavy atom. The van der Waals surface area contributed by atoms with Gasteiger partial charge in [-0.05, 0) is 87.0 Å². The predicted octanol–water partition coefficient (Wildman–Crippen LogP) is 5.38. The van der Waals surface area contributed by atoms with Gasteiger partial charge < -0.3 is 4.74 Å². The molecule has 0 saturated heterocycles. The summed E-state index contributed by atoms with van der Waals surface area (Å²) in [4.78, 5) is 24.1. The van der Waals surface area contributed by atoms with Gasteiger partial charge >= 0.3 is 12.1 Å². The number of halogens is 3. The molecule has 5 aliphatic carbocycles. The zero-order valence-electron chi connectivity index (χ0n) is 17.1. The number of carbonyl (C=O) groups is 2. The van der Waals surface area contributed by atoms with E-state index in [1.165, 1.54) is 5.57 Å². The van der Waals surface area contributed by atoms with Crippen molar-refractivity contribution >= 4 is 11.8 Å². The fraction of sp³-hybridized carbons (Fsp3) is 0.826. The van der Waals surface area contributed by atoms with Crippen LogP contribution in [0.3, 0.4) is 0 Å². The van der Waals surface area contributed by atoms with Gasteiger partial charge in [-0.25, -0.2) is 4.79 Å². The van der Waals surface area contributed by atoms with Crippen LogP contribution in [0.1, 0.15) is 71.6 Å². The number of hydrogen-bond donors (Lipinski definition) is 0. The number of alkyl halides is 3. The van der Waals surface area contributed by atoms with E-state index >= 15 is 0 Å². The van der Waals surface area contributed by atoms with E-state index < -0.39 is 18.2 Å². The van der Waals surface area contributed by atoms with Crippen molar-refractivity contribution in [2.75, 3.05) is 0 Å². The molecule has 0 amide bonds. The highest BCUT2D eigenvalue weighted by Gasteiger charge is 2.64. The molecule has 4 fully saturated rings. The summed E-state index contributed by atoms with van der Waals surface area (Å²) < 4.78 is 43.3. The van der Waals surface area contributed by atoms with Gasteiger partial charge in [0.05, 0.1) is 0 Å². The topological polar surface area (TPSA) is 43.4 Å². The molecule has 4 saturated carbocycles. The van der Waals surface area contributed by atoms with Crippen molar-refractivity contribution in [2.45, 2.75) is 83.9 Å². The van der Waals surface area contributed by atoms with Gasteiger partial charge in [-0.1, -0.05) is 19.4 Å². The fourth-order valence-corrected chi connectivity index (χ4v) is 7.83. The Balaban J connectivity index is 1.40. The number of carbonyl (C=O) groups excluding carboxylic acids is 2. The minimum absolute atomic E-state index is 0.0371. The van der Waals surface area contributed by atoms with Gasteiger partial charge in [-0.3, -0.25) is 4.79 Å². The zero-order valence-corrected chi connectivity index (χ0v) is 17.1. The van der Waals surface area contributed by atoms with Crippen LogP contribution in [0.25, 0.3) is 0 Å². The van der Waals surface area contributed by atoms with Crippen LogP contribution < -0.4 is 0 Å². The summed E-state index contributed by atoms with van der Waals surface area (Å²) >= 11 is 0. The number of rotatable bonds is 1. The van der Waals surface area contributed by atoms with Crippen molar-refractivity contribution in [1.82, 2.24) is 0 Å². The van der Waals surface area contributed by atoms with E-state index in [1.54, 1.807) is 0 Å². The first-order valence-electron chi connectivity index (χ1n) is 11.0. The van der Waals surface area contributed by atoms with Gasteiger partial charge in [-0.15, -0.1) is 0 Å². The van der Waals surface area contributed by atoms with Crippen molar-refractivity contribution in [3.8, 4) is 0 Å². The van der Waals surface area contributed by atoms with Gasteiger partial charge in [0.2, 0.25) is 0 Å². The highest BCUT2D eigenvalue weighted by molar-refractivity contribution is 5.98. The smallest absolute Gasteiger partial charge is 0.455 e. The zero-order chi connectivity index (χ0) is 20.8. The molecule has 0 aromatic carbocycles. The van der Waals surface area contributed by atoms with Crippen molar-refractivity contribution in [2.24, 2.45) is 34.0 Å². The molecule has 0 unspecified atom stereocenters. The molecular formula is C23H29F3O3. The molecule has 1 spiro atoms. The molecule has 5 aliphatic rings. The van der Waals surface area contributed by atoms with Crippen molar-refractivity contribution in [1.29, 1.82) is 0 Å². The molecular weight excluding hydrogens is 381 g/mol. The third-order valence-corrected chi connectivity index (χ3v) is 9.52. The summed E-state index contributed by atoms with van der Waals surface area (Å²) in [5.41, 5.74) is 0.848. The first-order chi connectivity index (χ1) is 13.5. The Morgan fingerprint density at radius 3 is 2.45 bits per heavy atom. The maximum atomic E-state index is 12.8. The first kappa shape index (κ1) is 19.6.